The molecule has 1 atom stereocenters. The fourth-order valence-corrected chi connectivity index (χ4v) is 3.30. The summed E-state index contributed by atoms with van der Waals surface area (Å²) in [5, 5.41) is 0. The third-order valence-electron chi connectivity index (χ3n) is 4.61. The van der Waals surface area contributed by atoms with Crippen molar-refractivity contribution in [2.45, 2.75) is 52.1 Å². The molecule has 2 N–H and O–H groups in total. The monoisotopic (exact) mass is 261 g/mol. The number of nitrogens with two attached hydrogens (primary N) is 1. The summed E-state index contributed by atoms with van der Waals surface area (Å²) in [4.78, 5) is 7.19. The largest absolute Gasteiger partial charge is 0.329 e. The van der Waals surface area contributed by atoms with Gasteiger partial charge >= 0.3 is 0 Å². The van der Waals surface area contributed by atoms with Crippen molar-refractivity contribution in [3.63, 3.8) is 0 Å². The Morgan fingerprint density at radius 1 is 1.37 bits per heavy atom. The topological polar surface area (TPSA) is 42.2 Å². The molecule has 1 aromatic rings. The SMILES string of the molecule is CCN(Cc1cccc(C)n1)C(CC)(CN)C1CC1. The second-order valence-corrected chi connectivity index (χ2v) is 5.72. The van der Waals surface area contributed by atoms with Crippen LogP contribution in [0.4, 0.5) is 0 Å². The molecule has 106 valence electrons. The van der Waals surface area contributed by atoms with Crippen LogP contribution in [0.2, 0.25) is 0 Å². The number of nitrogens with zero attached hydrogens (tertiary/aromatic N) is 2. The van der Waals surface area contributed by atoms with Crippen LogP contribution >= 0.6 is 0 Å². The van der Waals surface area contributed by atoms with Crippen molar-refractivity contribution in [1.29, 1.82) is 0 Å². The van der Waals surface area contributed by atoms with E-state index >= 15 is 0 Å². The van der Waals surface area contributed by atoms with Crippen LogP contribution in [0.1, 0.15) is 44.5 Å². The van der Waals surface area contributed by atoms with E-state index in [0.29, 0.717) is 0 Å². The zero-order valence-corrected chi connectivity index (χ0v) is 12.5. The van der Waals surface area contributed by atoms with E-state index in [2.05, 4.69) is 48.9 Å². The molecule has 1 saturated carbocycles. The molecular formula is C16H27N3. The predicted molar refractivity (Wildman–Crippen MR) is 79.9 cm³/mol. The molecule has 1 heterocycles. The van der Waals surface area contributed by atoms with E-state index in [4.69, 9.17) is 5.73 Å². The lowest BCUT2D eigenvalue weighted by molar-refractivity contribution is 0.0645. The highest BCUT2D eigenvalue weighted by atomic mass is 15.2. The Hall–Kier alpha value is -0.930. The third-order valence-corrected chi connectivity index (χ3v) is 4.61. The lowest BCUT2D eigenvalue weighted by atomic mass is 9.87. The number of hydrogen-bond donors (Lipinski definition) is 1. The Kier molecular flexibility index (Phi) is 4.58. The van der Waals surface area contributed by atoms with Gasteiger partial charge in [0.1, 0.15) is 0 Å². The van der Waals surface area contributed by atoms with Crippen molar-refractivity contribution >= 4 is 0 Å². The number of likely N-dealkylation sites (N-methyl/N-ethyl adjacent to an activating group) is 1. The van der Waals surface area contributed by atoms with Gasteiger partial charge in [-0.25, -0.2) is 0 Å². The number of aromatic nitrogens is 1. The van der Waals surface area contributed by atoms with Crippen LogP contribution in [-0.2, 0) is 6.54 Å². The normalized spacial score (nSPS) is 18.6. The Morgan fingerprint density at radius 3 is 2.58 bits per heavy atom. The van der Waals surface area contributed by atoms with Crippen molar-refractivity contribution in [1.82, 2.24) is 9.88 Å². The molecule has 1 aliphatic carbocycles. The first-order valence-electron chi connectivity index (χ1n) is 7.54. The molecule has 0 aliphatic heterocycles. The summed E-state index contributed by atoms with van der Waals surface area (Å²) >= 11 is 0. The Balaban J connectivity index is 2.18. The van der Waals surface area contributed by atoms with Crippen LogP contribution < -0.4 is 5.73 Å². The van der Waals surface area contributed by atoms with Crippen molar-refractivity contribution in [3.05, 3.63) is 29.6 Å². The predicted octanol–water partition coefficient (Wildman–Crippen LogP) is 2.73. The van der Waals surface area contributed by atoms with Gasteiger partial charge in [-0.15, -0.1) is 0 Å². The first-order chi connectivity index (χ1) is 9.16. The highest BCUT2D eigenvalue weighted by Gasteiger charge is 2.46. The zero-order valence-electron chi connectivity index (χ0n) is 12.5. The third kappa shape index (κ3) is 2.98. The highest BCUT2D eigenvalue weighted by Crippen LogP contribution is 2.45. The summed E-state index contributed by atoms with van der Waals surface area (Å²) in [6.45, 7) is 9.27. The molecule has 2 rings (SSSR count). The maximum absolute atomic E-state index is 6.16. The molecule has 1 aromatic heterocycles. The lowest BCUT2D eigenvalue weighted by Crippen LogP contribution is -2.54. The van der Waals surface area contributed by atoms with Gasteiger partial charge in [0.15, 0.2) is 0 Å². The van der Waals surface area contributed by atoms with Crippen molar-refractivity contribution in [2.75, 3.05) is 13.1 Å². The summed E-state index contributed by atoms with van der Waals surface area (Å²) in [5.41, 5.74) is 8.59. The van der Waals surface area contributed by atoms with E-state index < -0.39 is 0 Å². The minimum Gasteiger partial charge on any atom is -0.329 e. The van der Waals surface area contributed by atoms with Crippen LogP contribution in [0, 0.1) is 12.8 Å². The zero-order chi connectivity index (χ0) is 13.9. The average molecular weight is 261 g/mol. The maximum atomic E-state index is 6.16. The molecule has 0 aromatic carbocycles. The van der Waals surface area contributed by atoms with E-state index in [1.807, 2.05) is 0 Å². The molecule has 0 saturated heterocycles. The van der Waals surface area contributed by atoms with Gasteiger partial charge in [0, 0.05) is 24.3 Å². The number of aryl methyl sites for hydroxylation is 1. The first kappa shape index (κ1) is 14.5. The van der Waals surface area contributed by atoms with Gasteiger partial charge in [0.2, 0.25) is 0 Å². The molecule has 0 spiro atoms. The molecule has 3 nitrogen and oxygen atoms in total. The van der Waals surface area contributed by atoms with Crippen LogP contribution in [-0.4, -0.2) is 28.5 Å². The second kappa shape index (κ2) is 6.02. The molecule has 19 heavy (non-hydrogen) atoms. The molecule has 0 radical (unpaired) electrons. The molecule has 1 unspecified atom stereocenters. The van der Waals surface area contributed by atoms with E-state index in [9.17, 15) is 0 Å². The van der Waals surface area contributed by atoms with E-state index in [1.165, 1.54) is 12.8 Å². The Bertz CT molecular complexity index is 408. The average Bonchev–Trinajstić information content (AvgIpc) is 3.24. The smallest absolute Gasteiger partial charge is 0.0547 e. The molecule has 1 aliphatic rings. The van der Waals surface area contributed by atoms with E-state index in [1.54, 1.807) is 0 Å². The molecule has 1 fully saturated rings. The van der Waals surface area contributed by atoms with Crippen LogP contribution in [0.15, 0.2) is 18.2 Å². The lowest BCUT2D eigenvalue weighted by Gasteiger charge is -2.43. The van der Waals surface area contributed by atoms with Crippen LogP contribution in [0.3, 0.4) is 0 Å². The summed E-state index contributed by atoms with van der Waals surface area (Å²) in [6, 6.07) is 6.27. The Labute approximate surface area is 117 Å². The summed E-state index contributed by atoms with van der Waals surface area (Å²) < 4.78 is 0. The van der Waals surface area contributed by atoms with Gasteiger partial charge in [-0.1, -0.05) is 19.9 Å². The minimum atomic E-state index is 0.181. The van der Waals surface area contributed by atoms with Gasteiger partial charge in [0.05, 0.1) is 5.69 Å². The molecular weight excluding hydrogens is 234 g/mol. The van der Waals surface area contributed by atoms with E-state index in [0.717, 1.165) is 43.4 Å². The summed E-state index contributed by atoms with van der Waals surface area (Å²) in [5.74, 6) is 0.784. The fraction of sp³-hybridized carbons (Fsp3) is 0.688. The Morgan fingerprint density at radius 2 is 2.11 bits per heavy atom. The second-order valence-electron chi connectivity index (χ2n) is 5.72. The van der Waals surface area contributed by atoms with Crippen LogP contribution in [0.25, 0.3) is 0 Å². The van der Waals surface area contributed by atoms with Crippen molar-refractivity contribution in [2.24, 2.45) is 11.7 Å². The number of rotatable bonds is 7. The fourth-order valence-electron chi connectivity index (χ4n) is 3.30. The van der Waals surface area contributed by atoms with Gasteiger partial charge in [-0.05, 0) is 50.8 Å². The standard InChI is InChI=1S/C16H27N3/c1-4-16(12-17,14-9-10-14)19(5-2)11-15-8-6-7-13(3)18-15/h6-8,14H,4-5,9-12,17H2,1-3H3. The van der Waals surface area contributed by atoms with Crippen LogP contribution in [0.5, 0.6) is 0 Å². The highest BCUT2D eigenvalue weighted by molar-refractivity contribution is 5.11. The van der Waals surface area contributed by atoms with Gasteiger partial charge in [-0.3, -0.25) is 9.88 Å². The summed E-state index contributed by atoms with van der Waals surface area (Å²) in [6.07, 6.45) is 3.80. The minimum absolute atomic E-state index is 0.181. The first-order valence-corrected chi connectivity index (χ1v) is 7.54. The van der Waals surface area contributed by atoms with Gasteiger partial charge in [-0.2, -0.15) is 0 Å². The van der Waals surface area contributed by atoms with Crippen molar-refractivity contribution in [3.8, 4) is 0 Å². The van der Waals surface area contributed by atoms with Gasteiger partial charge in [0.25, 0.3) is 0 Å². The number of pyridine rings is 1. The number of hydrogen-bond acceptors (Lipinski definition) is 3. The quantitative estimate of drug-likeness (QED) is 0.820. The molecule has 3 heteroatoms. The van der Waals surface area contributed by atoms with Crippen molar-refractivity contribution < 1.29 is 0 Å². The summed E-state index contributed by atoms with van der Waals surface area (Å²) in [7, 11) is 0. The maximum Gasteiger partial charge on any atom is 0.0547 e. The van der Waals surface area contributed by atoms with E-state index in [-0.39, 0.29) is 5.54 Å². The molecule has 0 bridgehead atoms. The van der Waals surface area contributed by atoms with Gasteiger partial charge < -0.3 is 5.73 Å². The molecule has 0 amide bonds.